The lowest BCUT2D eigenvalue weighted by molar-refractivity contribution is -0.137. The number of hydrogen-bond acceptors (Lipinski definition) is 4. The van der Waals surface area contributed by atoms with Crippen LogP contribution in [0.2, 0.25) is 0 Å². The van der Waals surface area contributed by atoms with Gasteiger partial charge in [0.05, 0.1) is 11.3 Å². The average Bonchev–Trinajstić information content (AvgIpc) is 2.68. The van der Waals surface area contributed by atoms with Crippen LogP contribution in [0.15, 0.2) is 60.7 Å². The quantitative estimate of drug-likeness (QED) is 0.536. The molecule has 0 spiro atoms. The summed E-state index contributed by atoms with van der Waals surface area (Å²) in [5.74, 6) is 0.963. The Hall–Kier alpha value is -3.09. The van der Waals surface area contributed by atoms with Gasteiger partial charge in [-0.15, -0.1) is 0 Å². The maximum atomic E-state index is 12.7. The molecule has 0 saturated carbocycles. The summed E-state index contributed by atoms with van der Waals surface area (Å²) in [5.41, 5.74) is 1.47. The van der Waals surface area contributed by atoms with E-state index in [9.17, 15) is 13.2 Å². The summed E-state index contributed by atoms with van der Waals surface area (Å²) in [7, 11) is 0. The molecule has 0 aliphatic carbocycles. The van der Waals surface area contributed by atoms with Gasteiger partial charge < -0.3 is 10.6 Å². The van der Waals surface area contributed by atoms with E-state index >= 15 is 0 Å². The fourth-order valence-electron chi connectivity index (χ4n) is 2.55. The van der Waals surface area contributed by atoms with E-state index < -0.39 is 11.7 Å². The predicted octanol–water partition coefficient (Wildman–Crippen LogP) is 6.12. The zero-order valence-corrected chi connectivity index (χ0v) is 15.6. The van der Waals surface area contributed by atoms with Crippen LogP contribution in [0.4, 0.5) is 30.6 Å². The zero-order valence-electron chi connectivity index (χ0n) is 15.6. The summed E-state index contributed by atoms with van der Waals surface area (Å²) in [6.45, 7) is 4.08. The topological polar surface area (TPSA) is 49.8 Å². The van der Waals surface area contributed by atoms with Gasteiger partial charge in [-0.25, -0.2) is 4.98 Å². The second-order valence-electron chi connectivity index (χ2n) is 6.48. The van der Waals surface area contributed by atoms with E-state index in [1.54, 1.807) is 6.07 Å². The fraction of sp³-hybridized carbons (Fsp3) is 0.238. The van der Waals surface area contributed by atoms with E-state index in [4.69, 9.17) is 0 Å². The molecule has 2 aromatic carbocycles. The third-order valence-corrected chi connectivity index (χ3v) is 4.27. The molecule has 7 heteroatoms. The highest BCUT2D eigenvalue weighted by Crippen LogP contribution is 2.30. The van der Waals surface area contributed by atoms with Gasteiger partial charge >= 0.3 is 6.18 Å². The third-order valence-electron chi connectivity index (χ3n) is 4.27. The Labute approximate surface area is 161 Å². The average molecular weight is 386 g/mol. The van der Waals surface area contributed by atoms with Crippen LogP contribution in [0.1, 0.15) is 25.8 Å². The molecule has 2 N–H and O–H groups in total. The molecule has 4 nitrogen and oxygen atoms in total. The minimum atomic E-state index is -4.36. The summed E-state index contributed by atoms with van der Waals surface area (Å²) < 4.78 is 38.2. The van der Waals surface area contributed by atoms with Gasteiger partial charge in [-0.1, -0.05) is 37.3 Å². The van der Waals surface area contributed by atoms with E-state index in [0.29, 0.717) is 17.5 Å². The number of nitrogens with one attached hydrogen (secondary N) is 2. The molecule has 0 fully saturated rings. The summed E-state index contributed by atoms with van der Waals surface area (Å²) in [5, 5.41) is 6.31. The normalized spacial score (nSPS) is 12.5. The van der Waals surface area contributed by atoms with Gasteiger partial charge in [-0.2, -0.15) is 18.2 Å². The molecule has 0 amide bonds. The van der Waals surface area contributed by atoms with Crippen molar-refractivity contribution in [2.75, 3.05) is 10.6 Å². The minimum absolute atomic E-state index is 0.185. The van der Waals surface area contributed by atoms with Crippen molar-refractivity contribution in [1.82, 2.24) is 9.97 Å². The van der Waals surface area contributed by atoms with Crippen LogP contribution in [-0.2, 0) is 6.18 Å². The lowest BCUT2D eigenvalue weighted by atomic mass is 10.1. The molecular formula is C21H21F3N4. The Morgan fingerprint density at radius 3 is 2.25 bits per heavy atom. The Bertz CT molecular complexity index is 909. The van der Waals surface area contributed by atoms with Crippen LogP contribution >= 0.6 is 0 Å². The van der Waals surface area contributed by atoms with E-state index in [0.717, 1.165) is 29.8 Å². The molecule has 0 saturated heterocycles. The largest absolute Gasteiger partial charge is 0.416 e. The van der Waals surface area contributed by atoms with Crippen LogP contribution < -0.4 is 10.6 Å². The standard InChI is InChI=1S/C21H21F3N4/c1-3-14(2)25-20-27-18(15-7-5-4-6-8-15)13-19(28-20)26-17-11-9-16(10-12-17)21(22,23)24/h4-14H,3H2,1-2H3,(H2,25,26,27,28)/t14-/m1/s1. The van der Waals surface area contributed by atoms with Crippen molar-refractivity contribution in [3.63, 3.8) is 0 Å². The van der Waals surface area contributed by atoms with Gasteiger partial charge in [0.1, 0.15) is 5.82 Å². The first-order valence-electron chi connectivity index (χ1n) is 9.00. The SMILES string of the molecule is CC[C@@H](C)Nc1nc(Nc2ccc(C(F)(F)F)cc2)cc(-c2ccccc2)n1. The van der Waals surface area contributed by atoms with Gasteiger partial charge in [0.15, 0.2) is 0 Å². The van der Waals surface area contributed by atoms with Crippen molar-refractivity contribution in [1.29, 1.82) is 0 Å². The third kappa shape index (κ3) is 5.00. The first-order valence-corrected chi connectivity index (χ1v) is 9.00. The summed E-state index contributed by atoms with van der Waals surface area (Å²) in [4.78, 5) is 9.03. The molecule has 0 unspecified atom stereocenters. The number of nitrogens with zero attached hydrogens (tertiary/aromatic N) is 2. The molecule has 1 aromatic heterocycles. The second kappa shape index (κ2) is 8.29. The van der Waals surface area contributed by atoms with E-state index in [1.165, 1.54) is 12.1 Å². The molecule has 146 valence electrons. The number of hydrogen-bond donors (Lipinski definition) is 2. The molecule has 1 atom stereocenters. The summed E-state index contributed by atoms with van der Waals surface area (Å²) in [6.07, 6.45) is -3.46. The number of alkyl halides is 3. The van der Waals surface area contributed by atoms with E-state index in [2.05, 4.69) is 27.5 Å². The predicted molar refractivity (Wildman–Crippen MR) is 106 cm³/mol. The molecule has 3 rings (SSSR count). The maximum absolute atomic E-state index is 12.7. The Kier molecular flexibility index (Phi) is 5.82. The van der Waals surface area contributed by atoms with Crippen LogP contribution in [-0.4, -0.2) is 16.0 Å². The zero-order chi connectivity index (χ0) is 20.1. The fourth-order valence-corrected chi connectivity index (χ4v) is 2.55. The highest BCUT2D eigenvalue weighted by Gasteiger charge is 2.29. The van der Waals surface area contributed by atoms with Crippen molar-refractivity contribution >= 4 is 17.5 Å². The first-order chi connectivity index (χ1) is 13.3. The van der Waals surface area contributed by atoms with Gasteiger partial charge in [0, 0.05) is 23.4 Å². The molecular weight excluding hydrogens is 365 g/mol. The van der Waals surface area contributed by atoms with Gasteiger partial charge in [0.25, 0.3) is 0 Å². The van der Waals surface area contributed by atoms with Crippen LogP contribution in [0.25, 0.3) is 11.3 Å². The lowest BCUT2D eigenvalue weighted by Crippen LogP contribution is -2.16. The van der Waals surface area contributed by atoms with Gasteiger partial charge in [-0.3, -0.25) is 0 Å². The molecule has 0 bridgehead atoms. The van der Waals surface area contributed by atoms with Crippen molar-refractivity contribution < 1.29 is 13.2 Å². The van der Waals surface area contributed by atoms with Gasteiger partial charge in [-0.05, 0) is 37.6 Å². The van der Waals surface area contributed by atoms with Gasteiger partial charge in [0.2, 0.25) is 5.95 Å². The molecule has 0 radical (unpaired) electrons. The number of aromatic nitrogens is 2. The first kappa shape index (κ1) is 19.7. The Morgan fingerprint density at radius 2 is 1.64 bits per heavy atom. The minimum Gasteiger partial charge on any atom is -0.352 e. The molecule has 28 heavy (non-hydrogen) atoms. The number of anilines is 3. The van der Waals surface area contributed by atoms with E-state index in [1.807, 2.05) is 37.3 Å². The number of rotatable bonds is 6. The second-order valence-corrected chi connectivity index (χ2v) is 6.48. The van der Waals surface area contributed by atoms with E-state index in [-0.39, 0.29) is 6.04 Å². The molecule has 1 heterocycles. The Balaban J connectivity index is 1.91. The Morgan fingerprint density at radius 1 is 0.964 bits per heavy atom. The van der Waals surface area contributed by atoms with Crippen molar-refractivity contribution in [3.8, 4) is 11.3 Å². The number of halogens is 3. The maximum Gasteiger partial charge on any atom is 0.416 e. The highest BCUT2D eigenvalue weighted by molar-refractivity contribution is 5.67. The highest BCUT2D eigenvalue weighted by atomic mass is 19.4. The summed E-state index contributed by atoms with van der Waals surface area (Å²) >= 11 is 0. The van der Waals surface area contributed by atoms with Crippen molar-refractivity contribution in [2.45, 2.75) is 32.5 Å². The molecule has 0 aliphatic heterocycles. The number of benzene rings is 2. The molecule has 0 aliphatic rings. The van der Waals surface area contributed by atoms with Crippen molar-refractivity contribution in [3.05, 3.63) is 66.2 Å². The van der Waals surface area contributed by atoms with Crippen molar-refractivity contribution in [2.24, 2.45) is 0 Å². The van der Waals surface area contributed by atoms with Crippen LogP contribution in [0.3, 0.4) is 0 Å². The smallest absolute Gasteiger partial charge is 0.352 e. The molecule has 3 aromatic rings. The monoisotopic (exact) mass is 386 g/mol. The van der Waals surface area contributed by atoms with Crippen LogP contribution in [0.5, 0.6) is 0 Å². The van der Waals surface area contributed by atoms with Crippen LogP contribution in [0, 0.1) is 0 Å². The lowest BCUT2D eigenvalue weighted by Gasteiger charge is -2.15. The summed E-state index contributed by atoms with van der Waals surface area (Å²) in [6, 6.07) is 16.5.